The van der Waals surface area contributed by atoms with Gasteiger partial charge >= 0.3 is 0 Å². The van der Waals surface area contributed by atoms with Crippen LogP contribution >= 0.6 is 0 Å². The van der Waals surface area contributed by atoms with Gasteiger partial charge in [0.25, 0.3) is 0 Å². The van der Waals surface area contributed by atoms with Crippen LogP contribution in [0, 0.1) is 5.41 Å². The molecular formula is C4H9NO2. The number of hydrogen-bond acceptors (Lipinski definition) is 3. The van der Waals surface area contributed by atoms with Gasteiger partial charge in [-0.3, -0.25) is 5.41 Å². The highest BCUT2D eigenvalue weighted by molar-refractivity contribution is 5.41. The van der Waals surface area contributed by atoms with E-state index in [9.17, 15) is 0 Å². The Kier molecular flexibility index (Phi) is 25.1. The zero-order valence-corrected chi connectivity index (χ0v) is 4.02. The molecule has 0 aliphatic heterocycles. The van der Waals surface area contributed by atoms with E-state index in [4.69, 9.17) is 15.6 Å². The molecule has 3 nitrogen and oxygen atoms in total. The Morgan fingerprint density at radius 3 is 1.57 bits per heavy atom. The second-order valence-corrected chi connectivity index (χ2v) is 0.624. The molecule has 0 fully saturated rings. The lowest BCUT2D eigenvalue weighted by Crippen LogP contribution is -1.85. The molecule has 0 radical (unpaired) electrons. The summed E-state index contributed by atoms with van der Waals surface area (Å²) >= 11 is 0. The molecule has 0 aromatic rings. The quantitative estimate of drug-likeness (QED) is 0.388. The maximum Gasteiger partial charge on any atom is 0.0662 e. The summed E-state index contributed by atoms with van der Waals surface area (Å²) in [6, 6.07) is 0. The summed E-state index contributed by atoms with van der Waals surface area (Å²) in [5.41, 5.74) is 0. The first kappa shape index (κ1) is 9.62. The van der Waals surface area contributed by atoms with Crippen molar-refractivity contribution in [1.82, 2.24) is 0 Å². The van der Waals surface area contributed by atoms with Crippen molar-refractivity contribution >= 4 is 5.87 Å². The van der Waals surface area contributed by atoms with Gasteiger partial charge < -0.3 is 10.2 Å². The van der Waals surface area contributed by atoms with Crippen LogP contribution < -0.4 is 0 Å². The zero-order chi connectivity index (χ0) is 6.12. The first-order valence-electron chi connectivity index (χ1n) is 1.74. The fourth-order valence-electron chi connectivity index (χ4n) is 0. The minimum absolute atomic E-state index is 0.125. The number of aliphatic hydroxyl groups is 2. The SMILES string of the molecule is C=C=N.OCCO. The second-order valence-electron chi connectivity index (χ2n) is 0.624. The maximum atomic E-state index is 7.62. The lowest BCUT2D eigenvalue weighted by molar-refractivity contribution is 0.186. The Labute approximate surface area is 42.4 Å². The normalized spacial score (nSPS) is 5.43. The van der Waals surface area contributed by atoms with E-state index in [1.807, 2.05) is 0 Å². The summed E-state index contributed by atoms with van der Waals surface area (Å²) in [5, 5.41) is 21.1. The van der Waals surface area contributed by atoms with E-state index in [1.54, 1.807) is 5.87 Å². The van der Waals surface area contributed by atoms with Crippen LogP contribution in [0.2, 0.25) is 0 Å². The second kappa shape index (κ2) is 18.3. The smallest absolute Gasteiger partial charge is 0.0662 e. The Morgan fingerprint density at radius 1 is 1.43 bits per heavy atom. The molecular weight excluding hydrogens is 94.0 g/mol. The monoisotopic (exact) mass is 103 g/mol. The van der Waals surface area contributed by atoms with Crippen LogP contribution in [0.25, 0.3) is 0 Å². The minimum Gasteiger partial charge on any atom is -0.394 e. The topological polar surface area (TPSA) is 64.3 Å². The molecule has 0 bridgehead atoms. The number of aliphatic hydroxyl groups excluding tert-OH is 2. The lowest BCUT2D eigenvalue weighted by atomic mass is 10.8. The predicted octanol–water partition coefficient (Wildman–Crippen LogP) is -0.608. The number of hydrogen-bond donors (Lipinski definition) is 3. The van der Waals surface area contributed by atoms with Crippen molar-refractivity contribution in [2.75, 3.05) is 13.2 Å². The molecule has 0 atom stereocenters. The van der Waals surface area contributed by atoms with E-state index in [1.165, 1.54) is 0 Å². The van der Waals surface area contributed by atoms with Crippen molar-refractivity contribution in [2.24, 2.45) is 0 Å². The standard InChI is InChI=1S/C2H3N.C2H6O2/c1-2-3;3-1-2-4/h3H,1H2;3-4H,1-2H2. The average molecular weight is 103 g/mol. The van der Waals surface area contributed by atoms with Gasteiger partial charge in [-0.2, -0.15) is 0 Å². The highest BCUT2D eigenvalue weighted by Gasteiger charge is 1.58. The molecule has 3 N–H and O–H groups in total. The van der Waals surface area contributed by atoms with Crippen LogP contribution in [-0.4, -0.2) is 29.3 Å². The molecule has 0 saturated carbocycles. The molecule has 0 amide bonds. The Morgan fingerprint density at radius 2 is 1.57 bits per heavy atom. The molecule has 0 aromatic heterocycles. The van der Waals surface area contributed by atoms with Crippen molar-refractivity contribution in [2.45, 2.75) is 0 Å². The van der Waals surface area contributed by atoms with Gasteiger partial charge in [-0.15, -0.1) is 0 Å². The minimum atomic E-state index is -0.125. The Balaban J connectivity index is 0. The van der Waals surface area contributed by atoms with E-state index in [-0.39, 0.29) is 13.2 Å². The molecule has 0 spiro atoms. The molecule has 0 aromatic carbocycles. The number of nitrogens with one attached hydrogen (secondary N) is 1. The average Bonchev–Trinajstić information content (AvgIpc) is 1.69. The molecule has 0 saturated heterocycles. The third-order valence-electron chi connectivity index (χ3n) is 0.1000. The summed E-state index contributed by atoms with van der Waals surface area (Å²) < 4.78 is 0. The fraction of sp³-hybridized carbons (Fsp3) is 0.500. The summed E-state index contributed by atoms with van der Waals surface area (Å²) in [6.45, 7) is 2.65. The van der Waals surface area contributed by atoms with Gasteiger partial charge in [0, 0.05) is 0 Å². The summed E-state index contributed by atoms with van der Waals surface area (Å²) in [4.78, 5) is 0. The highest BCUT2D eigenvalue weighted by Crippen LogP contribution is 1.39. The van der Waals surface area contributed by atoms with Gasteiger partial charge in [-0.25, -0.2) is 0 Å². The fourth-order valence-corrected chi connectivity index (χ4v) is 0. The van der Waals surface area contributed by atoms with E-state index >= 15 is 0 Å². The van der Waals surface area contributed by atoms with E-state index in [0.29, 0.717) is 0 Å². The summed E-state index contributed by atoms with van der Waals surface area (Å²) in [6.07, 6.45) is 0. The van der Waals surface area contributed by atoms with Crippen molar-refractivity contribution in [3.05, 3.63) is 6.58 Å². The number of rotatable bonds is 1. The van der Waals surface area contributed by atoms with Crippen molar-refractivity contribution < 1.29 is 10.2 Å². The van der Waals surface area contributed by atoms with Gasteiger partial charge in [-0.1, -0.05) is 0 Å². The van der Waals surface area contributed by atoms with Gasteiger partial charge in [0.1, 0.15) is 0 Å². The van der Waals surface area contributed by atoms with Crippen LogP contribution in [0.3, 0.4) is 0 Å². The first-order chi connectivity index (χ1) is 3.33. The molecule has 42 valence electrons. The molecule has 0 rings (SSSR count). The van der Waals surface area contributed by atoms with Gasteiger partial charge in [-0.05, 0) is 12.4 Å². The molecule has 0 aliphatic rings. The summed E-state index contributed by atoms with van der Waals surface area (Å²) in [5.74, 6) is 1.75. The Hall–Kier alpha value is -0.630. The van der Waals surface area contributed by atoms with Gasteiger partial charge in [0.05, 0.1) is 13.2 Å². The van der Waals surface area contributed by atoms with Gasteiger partial charge in [0.2, 0.25) is 0 Å². The first-order valence-corrected chi connectivity index (χ1v) is 1.74. The van der Waals surface area contributed by atoms with Crippen LogP contribution in [0.15, 0.2) is 6.58 Å². The zero-order valence-electron chi connectivity index (χ0n) is 4.02. The van der Waals surface area contributed by atoms with Crippen molar-refractivity contribution in [3.8, 4) is 0 Å². The predicted molar refractivity (Wildman–Crippen MR) is 27.5 cm³/mol. The van der Waals surface area contributed by atoms with Crippen molar-refractivity contribution in [1.29, 1.82) is 5.41 Å². The third-order valence-corrected chi connectivity index (χ3v) is 0.1000. The molecule has 3 heteroatoms. The highest BCUT2D eigenvalue weighted by atomic mass is 16.3. The van der Waals surface area contributed by atoms with Crippen LogP contribution in [-0.2, 0) is 0 Å². The van der Waals surface area contributed by atoms with E-state index < -0.39 is 0 Å². The molecule has 0 aliphatic carbocycles. The maximum absolute atomic E-state index is 7.62. The third kappa shape index (κ3) is 445. The lowest BCUT2D eigenvalue weighted by Gasteiger charge is -1.70. The van der Waals surface area contributed by atoms with Crippen LogP contribution in [0.4, 0.5) is 0 Å². The molecule has 0 heterocycles. The summed E-state index contributed by atoms with van der Waals surface area (Å²) in [7, 11) is 0. The van der Waals surface area contributed by atoms with E-state index in [2.05, 4.69) is 6.58 Å². The van der Waals surface area contributed by atoms with Gasteiger partial charge in [0.15, 0.2) is 0 Å². The molecule has 7 heavy (non-hydrogen) atoms. The Bertz CT molecular complexity index is 45.7. The largest absolute Gasteiger partial charge is 0.394 e. The van der Waals surface area contributed by atoms with Crippen LogP contribution in [0.1, 0.15) is 0 Å². The molecule has 0 unspecified atom stereocenters. The van der Waals surface area contributed by atoms with Crippen molar-refractivity contribution in [3.63, 3.8) is 0 Å². The van der Waals surface area contributed by atoms with Crippen LogP contribution in [0.5, 0.6) is 0 Å². The van der Waals surface area contributed by atoms with E-state index in [0.717, 1.165) is 0 Å².